The molecule has 0 bridgehead atoms. The molecule has 3 aliphatic heterocycles. The standard InChI is InChI=1S/C41H48N6O10S2/c1-6-46-34-15-13-29(58(51,52)53)24-32(34)40(2,3)36(46)9-7-10-37-41(4,5)33-25-30(59(54,55)56)14-16-35(33)47(37)20-8-17-43-39(49)57-26-27-11-12-28(44-50)23-31(27)38(48)45-21-18-42-19-22-45/h7,9-16,23-25,42H,6,8,17-22,26H2,1-5H3,(H2-,43,49,51,52,53,54,55,56)/p+1. The zero-order chi connectivity index (χ0) is 42.9. The van der Waals surface area contributed by atoms with E-state index < -0.39 is 37.2 Å². The number of hydrogen-bond donors (Lipinski definition) is 4. The van der Waals surface area contributed by atoms with Crippen LogP contribution in [0.4, 0.5) is 21.9 Å². The Bertz CT molecular complexity index is 2510. The van der Waals surface area contributed by atoms with Crippen molar-refractivity contribution in [2.75, 3.05) is 50.7 Å². The number of likely N-dealkylation sites (N-methyl/N-ethyl adjacent to an activating group) is 1. The number of anilines is 1. The van der Waals surface area contributed by atoms with Gasteiger partial charge in [-0.05, 0) is 80.1 Å². The molecule has 0 atom stereocenters. The molecule has 3 aromatic rings. The number of amides is 2. The third-order valence-corrected chi connectivity index (χ3v) is 12.9. The van der Waals surface area contributed by atoms with Crippen LogP contribution in [-0.2, 0) is 42.4 Å². The van der Waals surface area contributed by atoms with E-state index >= 15 is 0 Å². The molecule has 16 nitrogen and oxygen atoms in total. The number of alkyl carbamates (subject to hydrolysis) is 1. The van der Waals surface area contributed by atoms with Gasteiger partial charge in [-0.15, -0.1) is 4.91 Å². The first kappa shape index (κ1) is 43.3. The number of hydrogen-bond acceptors (Lipinski definition) is 11. The highest BCUT2D eigenvalue weighted by atomic mass is 32.2. The number of carbonyl (C=O) groups excluding carboxylic acids is 2. The molecule has 3 aromatic carbocycles. The second kappa shape index (κ2) is 16.8. The SMILES string of the molecule is CCN1/C(=C/C=C/C2=[N+](CCCNC(=O)OCc3ccc(N=O)cc3C(=O)N3CCNCC3)c3ccc(S(=O)(=O)O)cc3C2(C)C)C(C)(C)c2cc(S(=O)(=O)O)ccc21. The van der Waals surface area contributed by atoms with E-state index in [-0.39, 0.29) is 40.1 Å². The van der Waals surface area contributed by atoms with E-state index in [0.29, 0.717) is 56.8 Å². The van der Waals surface area contributed by atoms with Gasteiger partial charge in [0, 0.05) is 91.3 Å². The summed E-state index contributed by atoms with van der Waals surface area (Å²) in [4.78, 5) is 40.7. The fourth-order valence-corrected chi connectivity index (χ4v) is 9.06. The van der Waals surface area contributed by atoms with Gasteiger partial charge in [-0.3, -0.25) is 13.9 Å². The minimum Gasteiger partial charge on any atom is -0.445 e. The summed E-state index contributed by atoms with van der Waals surface area (Å²) in [5, 5.41) is 8.90. The largest absolute Gasteiger partial charge is 0.445 e. The Labute approximate surface area is 344 Å². The minimum absolute atomic E-state index is 0.0907. The molecule has 0 aromatic heterocycles. The average Bonchev–Trinajstić information content (AvgIpc) is 3.55. The van der Waals surface area contributed by atoms with Crippen LogP contribution in [0.25, 0.3) is 0 Å². The van der Waals surface area contributed by atoms with Crippen LogP contribution >= 0.6 is 0 Å². The number of rotatable bonds is 13. The molecule has 314 valence electrons. The lowest BCUT2D eigenvalue weighted by molar-refractivity contribution is -0.437. The summed E-state index contributed by atoms with van der Waals surface area (Å²) >= 11 is 0. The highest BCUT2D eigenvalue weighted by molar-refractivity contribution is 7.86. The predicted molar refractivity (Wildman–Crippen MR) is 222 cm³/mol. The maximum Gasteiger partial charge on any atom is 0.407 e. The second-order valence-electron chi connectivity index (χ2n) is 15.6. The molecular formula is C41H49N6O10S2+. The Balaban J connectivity index is 1.21. The van der Waals surface area contributed by atoms with Crippen molar-refractivity contribution in [3.8, 4) is 0 Å². The van der Waals surface area contributed by atoms with Crippen LogP contribution in [0.15, 0.2) is 93.5 Å². The zero-order valence-corrected chi connectivity index (χ0v) is 35.2. The van der Waals surface area contributed by atoms with E-state index in [1.807, 2.05) is 57.4 Å². The lowest BCUT2D eigenvalue weighted by atomic mass is 9.81. The number of ether oxygens (including phenoxy) is 1. The van der Waals surface area contributed by atoms with Crippen LogP contribution in [0.2, 0.25) is 0 Å². The normalized spacial score (nSPS) is 18.0. The molecule has 6 rings (SSSR count). The van der Waals surface area contributed by atoms with Crippen molar-refractivity contribution in [1.29, 1.82) is 0 Å². The summed E-state index contributed by atoms with van der Waals surface area (Å²) in [5.74, 6) is -0.278. The molecule has 2 amide bonds. The van der Waals surface area contributed by atoms with Gasteiger partial charge >= 0.3 is 6.09 Å². The Morgan fingerprint density at radius 3 is 2.24 bits per heavy atom. The van der Waals surface area contributed by atoms with Gasteiger partial charge in [0.05, 0.1) is 15.2 Å². The Morgan fingerprint density at radius 2 is 1.59 bits per heavy atom. The van der Waals surface area contributed by atoms with Crippen molar-refractivity contribution in [2.24, 2.45) is 5.18 Å². The van der Waals surface area contributed by atoms with Crippen LogP contribution in [0.3, 0.4) is 0 Å². The predicted octanol–water partition coefficient (Wildman–Crippen LogP) is 5.57. The molecule has 18 heteroatoms. The number of nitroso groups, excluding NO2 is 1. The molecule has 0 aliphatic carbocycles. The first-order valence-electron chi connectivity index (χ1n) is 19.2. The molecule has 59 heavy (non-hydrogen) atoms. The molecule has 4 N–H and O–H groups in total. The van der Waals surface area contributed by atoms with Crippen molar-refractivity contribution in [3.05, 3.63) is 106 Å². The van der Waals surface area contributed by atoms with Gasteiger partial charge in [0.2, 0.25) is 5.69 Å². The van der Waals surface area contributed by atoms with Crippen LogP contribution in [0, 0.1) is 4.91 Å². The average molecular weight is 850 g/mol. The molecule has 0 unspecified atom stereocenters. The first-order chi connectivity index (χ1) is 27.8. The van der Waals surface area contributed by atoms with E-state index in [1.165, 1.54) is 36.4 Å². The van der Waals surface area contributed by atoms with E-state index in [9.17, 15) is 40.4 Å². The zero-order valence-electron chi connectivity index (χ0n) is 33.6. The van der Waals surface area contributed by atoms with Gasteiger partial charge in [-0.2, -0.15) is 21.4 Å². The van der Waals surface area contributed by atoms with Gasteiger partial charge in [-0.1, -0.05) is 26.0 Å². The molecule has 3 heterocycles. The van der Waals surface area contributed by atoms with Crippen LogP contribution in [0.1, 0.15) is 68.1 Å². The lowest BCUT2D eigenvalue weighted by Crippen LogP contribution is -2.46. The number of benzene rings is 3. The van der Waals surface area contributed by atoms with Gasteiger partial charge in [0.25, 0.3) is 26.1 Å². The van der Waals surface area contributed by atoms with Crippen molar-refractivity contribution >= 4 is 55.0 Å². The topological polar surface area (TPSA) is 215 Å². The van der Waals surface area contributed by atoms with Gasteiger partial charge in [-0.25, -0.2) is 4.79 Å². The molecule has 0 saturated carbocycles. The van der Waals surface area contributed by atoms with Crippen molar-refractivity contribution in [3.63, 3.8) is 0 Å². The Kier molecular flexibility index (Phi) is 12.3. The lowest BCUT2D eigenvalue weighted by Gasteiger charge is -2.28. The molecule has 1 fully saturated rings. The highest BCUT2D eigenvalue weighted by Crippen LogP contribution is 2.48. The number of nitrogens with one attached hydrogen (secondary N) is 2. The fraction of sp³-hybridized carbons (Fsp3) is 0.390. The number of allylic oxidation sites excluding steroid dienone is 4. The monoisotopic (exact) mass is 849 g/mol. The maximum absolute atomic E-state index is 13.3. The summed E-state index contributed by atoms with van der Waals surface area (Å²) in [7, 11) is -8.90. The third-order valence-electron chi connectivity index (χ3n) is 11.2. The molecule has 1 saturated heterocycles. The fourth-order valence-electron chi connectivity index (χ4n) is 8.05. The number of carbonyl (C=O) groups is 2. The van der Waals surface area contributed by atoms with E-state index in [0.717, 1.165) is 28.3 Å². The van der Waals surface area contributed by atoms with Gasteiger partial charge in [0.15, 0.2) is 12.3 Å². The van der Waals surface area contributed by atoms with Crippen molar-refractivity contribution in [1.82, 2.24) is 15.5 Å². The molecule has 0 radical (unpaired) electrons. The minimum atomic E-state index is -4.49. The Hall–Kier alpha value is -5.27. The molecule has 0 spiro atoms. The third kappa shape index (κ3) is 8.86. The summed E-state index contributed by atoms with van der Waals surface area (Å²) in [5.41, 5.74) is 4.11. The van der Waals surface area contributed by atoms with Gasteiger partial charge < -0.3 is 25.2 Å². The van der Waals surface area contributed by atoms with Crippen molar-refractivity contribution in [2.45, 2.75) is 68.3 Å². The summed E-state index contributed by atoms with van der Waals surface area (Å²) in [6.07, 6.45) is 5.51. The maximum atomic E-state index is 13.3. The second-order valence-corrected chi connectivity index (χ2v) is 18.4. The number of fused-ring (bicyclic) bond motifs is 2. The summed E-state index contributed by atoms with van der Waals surface area (Å²) in [6.45, 7) is 13.1. The van der Waals surface area contributed by atoms with Gasteiger partial charge in [0.1, 0.15) is 12.3 Å². The van der Waals surface area contributed by atoms with Crippen molar-refractivity contribution < 1.29 is 44.8 Å². The van der Waals surface area contributed by atoms with E-state index in [2.05, 4.69) is 20.7 Å². The number of piperazine rings is 1. The van der Waals surface area contributed by atoms with E-state index in [1.54, 1.807) is 23.1 Å². The van der Waals surface area contributed by atoms with Crippen LogP contribution in [-0.4, -0.2) is 98.9 Å². The Morgan fingerprint density at radius 1 is 0.932 bits per heavy atom. The summed E-state index contributed by atoms with van der Waals surface area (Å²) < 4.78 is 75.4. The van der Waals surface area contributed by atoms with Crippen LogP contribution < -0.4 is 15.5 Å². The highest BCUT2D eigenvalue weighted by Gasteiger charge is 2.45. The quantitative estimate of drug-likeness (QED) is 0.0719. The molecular weight excluding hydrogens is 801 g/mol. The molecule has 3 aliphatic rings. The first-order valence-corrected chi connectivity index (χ1v) is 22.1. The summed E-state index contributed by atoms with van der Waals surface area (Å²) in [6, 6.07) is 13.4. The van der Waals surface area contributed by atoms with Crippen LogP contribution in [0.5, 0.6) is 0 Å². The smallest absolute Gasteiger partial charge is 0.407 e. The van der Waals surface area contributed by atoms with E-state index in [4.69, 9.17) is 4.74 Å². The number of nitrogens with zero attached hydrogens (tertiary/aromatic N) is 4.